The maximum absolute atomic E-state index is 10.5. The van der Waals surface area contributed by atoms with E-state index in [9.17, 15) is 9.90 Å². The molecule has 3 nitrogen and oxygen atoms in total. The molecule has 1 aliphatic carbocycles. The van der Waals surface area contributed by atoms with Crippen molar-refractivity contribution in [3.05, 3.63) is 0 Å². The Bertz CT molecular complexity index is 225. The van der Waals surface area contributed by atoms with Gasteiger partial charge in [0.25, 0.3) is 0 Å². The van der Waals surface area contributed by atoms with Crippen molar-refractivity contribution in [3.63, 3.8) is 0 Å². The lowest BCUT2D eigenvalue weighted by Gasteiger charge is -2.42. The smallest absolute Gasteiger partial charge is 0.303 e. The summed E-state index contributed by atoms with van der Waals surface area (Å²) in [7, 11) is 0. The molecule has 0 heterocycles. The summed E-state index contributed by atoms with van der Waals surface area (Å²) >= 11 is 0. The molecule has 2 atom stereocenters. The molecule has 0 bridgehead atoms. The molecule has 15 heavy (non-hydrogen) atoms. The second-order valence-electron chi connectivity index (χ2n) is 5.09. The van der Waals surface area contributed by atoms with Crippen LogP contribution < -0.4 is 0 Å². The lowest BCUT2D eigenvalue weighted by molar-refractivity contribution is -0.140. The quantitative estimate of drug-likeness (QED) is 0.755. The zero-order valence-corrected chi connectivity index (χ0v) is 9.70. The standard InChI is InChI=1S/C12H22O3/c1-9(2)10-5-3-4-7-12(10,15)8-6-11(13)14/h9-10,15H,3-8H2,1-2H3,(H,13,14). The van der Waals surface area contributed by atoms with E-state index in [1.807, 2.05) is 0 Å². The Balaban J connectivity index is 2.63. The third-order valence-corrected chi connectivity index (χ3v) is 3.64. The number of carboxylic acids is 1. The van der Waals surface area contributed by atoms with E-state index >= 15 is 0 Å². The van der Waals surface area contributed by atoms with Gasteiger partial charge in [-0.1, -0.05) is 26.7 Å². The van der Waals surface area contributed by atoms with E-state index in [2.05, 4.69) is 13.8 Å². The van der Waals surface area contributed by atoms with Crippen molar-refractivity contribution < 1.29 is 15.0 Å². The fourth-order valence-electron chi connectivity index (χ4n) is 2.84. The zero-order valence-electron chi connectivity index (χ0n) is 9.70. The van der Waals surface area contributed by atoms with Gasteiger partial charge in [-0.25, -0.2) is 0 Å². The molecule has 0 saturated heterocycles. The molecule has 1 saturated carbocycles. The molecular weight excluding hydrogens is 192 g/mol. The van der Waals surface area contributed by atoms with Gasteiger partial charge in [0.05, 0.1) is 5.60 Å². The van der Waals surface area contributed by atoms with Gasteiger partial charge in [-0.2, -0.15) is 0 Å². The number of aliphatic carboxylic acids is 1. The largest absolute Gasteiger partial charge is 0.481 e. The highest BCUT2D eigenvalue weighted by atomic mass is 16.4. The van der Waals surface area contributed by atoms with Crippen LogP contribution in [0.2, 0.25) is 0 Å². The van der Waals surface area contributed by atoms with E-state index < -0.39 is 11.6 Å². The molecule has 1 aliphatic rings. The first-order valence-corrected chi connectivity index (χ1v) is 5.90. The lowest BCUT2D eigenvalue weighted by atomic mass is 9.68. The Kier molecular flexibility index (Phi) is 4.14. The number of rotatable bonds is 4. The molecule has 1 rings (SSSR count). The minimum atomic E-state index is -0.809. The van der Waals surface area contributed by atoms with Crippen molar-refractivity contribution in [3.8, 4) is 0 Å². The van der Waals surface area contributed by atoms with Crippen LogP contribution in [0.15, 0.2) is 0 Å². The fraction of sp³-hybridized carbons (Fsp3) is 0.917. The second kappa shape index (κ2) is 4.97. The van der Waals surface area contributed by atoms with Crippen molar-refractivity contribution >= 4 is 5.97 Å². The van der Waals surface area contributed by atoms with Gasteiger partial charge < -0.3 is 10.2 Å². The summed E-state index contributed by atoms with van der Waals surface area (Å²) in [6.45, 7) is 4.23. The summed E-state index contributed by atoms with van der Waals surface area (Å²) in [6, 6.07) is 0. The van der Waals surface area contributed by atoms with Crippen LogP contribution >= 0.6 is 0 Å². The Morgan fingerprint density at radius 3 is 2.67 bits per heavy atom. The molecule has 0 spiro atoms. The Labute approximate surface area is 91.5 Å². The lowest BCUT2D eigenvalue weighted by Crippen LogP contribution is -2.43. The molecule has 0 radical (unpaired) electrons. The molecule has 0 aromatic carbocycles. The van der Waals surface area contributed by atoms with E-state index in [0.29, 0.717) is 12.3 Å². The van der Waals surface area contributed by atoms with Gasteiger partial charge in [-0.05, 0) is 31.1 Å². The van der Waals surface area contributed by atoms with E-state index in [0.717, 1.165) is 25.7 Å². The van der Waals surface area contributed by atoms with E-state index in [1.165, 1.54) is 0 Å². The molecule has 3 heteroatoms. The van der Waals surface area contributed by atoms with Crippen LogP contribution in [0.4, 0.5) is 0 Å². The van der Waals surface area contributed by atoms with Gasteiger partial charge in [0.2, 0.25) is 0 Å². The first kappa shape index (κ1) is 12.5. The maximum Gasteiger partial charge on any atom is 0.303 e. The van der Waals surface area contributed by atoms with Crippen LogP contribution in [-0.2, 0) is 4.79 Å². The predicted octanol–water partition coefficient (Wildman–Crippen LogP) is 2.43. The SMILES string of the molecule is CC(C)C1CCCCC1(O)CCC(=O)O. The number of hydrogen-bond acceptors (Lipinski definition) is 2. The summed E-state index contributed by atoms with van der Waals surface area (Å²) in [5, 5.41) is 19.2. The van der Waals surface area contributed by atoms with Crippen LogP contribution in [0.3, 0.4) is 0 Å². The van der Waals surface area contributed by atoms with E-state index in [4.69, 9.17) is 5.11 Å². The first-order chi connectivity index (χ1) is 6.96. The molecular formula is C12H22O3. The van der Waals surface area contributed by atoms with Gasteiger partial charge in [0, 0.05) is 6.42 Å². The maximum atomic E-state index is 10.5. The highest BCUT2D eigenvalue weighted by Crippen LogP contribution is 2.41. The van der Waals surface area contributed by atoms with E-state index in [1.54, 1.807) is 0 Å². The third kappa shape index (κ3) is 3.20. The van der Waals surface area contributed by atoms with Crippen molar-refractivity contribution in [1.82, 2.24) is 0 Å². The molecule has 2 unspecified atom stereocenters. The Hall–Kier alpha value is -0.570. The van der Waals surface area contributed by atoms with Crippen molar-refractivity contribution in [1.29, 1.82) is 0 Å². The predicted molar refractivity (Wildman–Crippen MR) is 58.6 cm³/mol. The van der Waals surface area contributed by atoms with Crippen molar-refractivity contribution in [2.45, 2.75) is 58.0 Å². The number of carbonyl (C=O) groups is 1. The number of aliphatic hydroxyl groups is 1. The number of carboxylic acid groups (broad SMARTS) is 1. The fourth-order valence-corrected chi connectivity index (χ4v) is 2.84. The summed E-state index contributed by atoms with van der Waals surface area (Å²) in [4.78, 5) is 10.5. The summed E-state index contributed by atoms with van der Waals surface area (Å²) in [5.41, 5.74) is -0.731. The van der Waals surface area contributed by atoms with Crippen LogP contribution in [0.1, 0.15) is 52.4 Å². The summed E-state index contributed by atoms with van der Waals surface area (Å²) in [6.07, 6.45) is 4.49. The minimum Gasteiger partial charge on any atom is -0.481 e. The van der Waals surface area contributed by atoms with Crippen LogP contribution in [0.25, 0.3) is 0 Å². The van der Waals surface area contributed by atoms with Gasteiger partial charge in [0.1, 0.15) is 0 Å². The van der Waals surface area contributed by atoms with Gasteiger partial charge >= 0.3 is 5.97 Å². The molecule has 2 N–H and O–H groups in total. The average Bonchev–Trinajstić information content (AvgIpc) is 2.15. The summed E-state index contributed by atoms with van der Waals surface area (Å²) in [5.74, 6) is -0.105. The topological polar surface area (TPSA) is 57.5 Å². The van der Waals surface area contributed by atoms with Crippen LogP contribution in [-0.4, -0.2) is 21.8 Å². The molecule has 1 fully saturated rings. The number of hydrogen-bond donors (Lipinski definition) is 2. The van der Waals surface area contributed by atoms with Crippen LogP contribution in [0.5, 0.6) is 0 Å². The monoisotopic (exact) mass is 214 g/mol. The molecule has 0 aromatic rings. The van der Waals surface area contributed by atoms with Crippen LogP contribution in [0, 0.1) is 11.8 Å². The minimum absolute atomic E-state index is 0.0831. The van der Waals surface area contributed by atoms with Gasteiger partial charge in [-0.15, -0.1) is 0 Å². The second-order valence-corrected chi connectivity index (χ2v) is 5.09. The zero-order chi connectivity index (χ0) is 11.5. The van der Waals surface area contributed by atoms with Gasteiger partial charge in [0.15, 0.2) is 0 Å². The van der Waals surface area contributed by atoms with Crippen molar-refractivity contribution in [2.75, 3.05) is 0 Å². The first-order valence-electron chi connectivity index (χ1n) is 5.90. The molecule has 0 aromatic heterocycles. The highest BCUT2D eigenvalue weighted by Gasteiger charge is 2.40. The highest BCUT2D eigenvalue weighted by molar-refractivity contribution is 5.66. The molecule has 0 aliphatic heterocycles. The molecule has 88 valence electrons. The third-order valence-electron chi connectivity index (χ3n) is 3.64. The Morgan fingerprint density at radius 2 is 2.13 bits per heavy atom. The van der Waals surface area contributed by atoms with E-state index in [-0.39, 0.29) is 12.3 Å². The summed E-state index contributed by atoms with van der Waals surface area (Å²) < 4.78 is 0. The van der Waals surface area contributed by atoms with Crippen molar-refractivity contribution in [2.24, 2.45) is 11.8 Å². The molecule has 0 amide bonds. The van der Waals surface area contributed by atoms with Gasteiger partial charge in [-0.3, -0.25) is 4.79 Å². The average molecular weight is 214 g/mol. The Morgan fingerprint density at radius 1 is 1.47 bits per heavy atom. The normalized spacial score (nSPS) is 31.9.